The molecule has 1 aliphatic heterocycles. The third-order valence-corrected chi connectivity index (χ3v) is 8.73. The molecule has 1 fully saturated rings. The van der Waals surface area contributed by atoms with E-state index in [9.17, 15) is 4.79 Å². The number of nitrogens with one attached hydrogen (secondary N) is 4. The van der Waals surface area contributed by atoms with Crippen LogP contribution in [-0.2, 0) is 24.3 Å². The standard InChI is InChI=1S/C33H34Cl2N10O3/c1-47-32-26(14-36-12-11-28-40-18-41-45-28)38-16-24(43-32)22-7-3-5-20(30(22)34)21-6-4-8-23(31(21)35)25-17-39-27(33(44-25)48-2)15-37-13-19-9-10-29(46)42-19/h3-8,16-19,36-37H,9-15H2,1-2H3,(H,42,46)(H,40,41,45)/t19-/m0/s1. The predicted octanol–water partition coefficient (Wildman–Crippen LogP) is 4.41. The van der Waals surface area contributed by atoms with Crippen molar-refractivity contribution in [1.82, 2.24) is 51.1 Å². The van der Waals surface area contributed by atoms with Gasteiger partial charge in [-0.2, -0.15) is 0 Å². The molecule has 4 heterocycles. The Bertz CT molecular complexity index is 1890. The summed E-state index contributed by atoms with van der Waals surface area (Å²) in [4.78, 5) is 33.1. The highest BCUT2D eigenvalue weighted by Gasteiger charge is 2.21. The molecule has 0 radical (unpaired) electrons. The highest BCUT2D eigenvalue weighted by Crippen LogP contribution is 2.42. The highest BCUT2D eigenvalue weighted by molar-refractivity contribution is 6.39. The number of aromatic amines is 1. The van der Waals surface area contributed by atoms with Gasteiger partial charge in [-0.25, -0.2) is 9.97 Å². The number of nitrogens with zero attached hydrogens (tertiary/aromatic N) is 6. The zero-order valence-electron chi connectivity index (χ0n) is 26.4. The van der Waals surface area contributed by atoms with Gasteiger partial charge in [0, 0.05) is 67.3 Å². The molecule has 2 aromatic carbocycles. The van der Waals surface area contributed by atoms with Gasteiger partial charge in [0.1, 0.15) is 23.5 Å². The van der Waals surface area contributed by atoms with Crippen LogP contribution >= 0.6 is 23.2 Å². The van der Waals surface area contributed by atoms with Crippen molar-refractivity contribution in [2.75, 3.05) is 27.3 Å². The Kier molecular flexibility index (Phi) is 10.7. The topological polar surface area (TPSA) is 165 Å². The van der Waals surface area contributed by atoms with Crippen molar-refractivity contribution in [3.63, 3.8) is 0 Å². The molecular weight excluding hydrogens is 655 g/mol. The van der Waals surface area contributed by atoms with E-state index in [-0.39, 0.29) is 11.9 Å². The molecule has 1 saturated heterocycles. The van der Waals surface area contributed by atoms with Crippen molar-refractivity contribution >= 4 is 29.1 Å². The van der Waals surface area contributed by atoms with E-state index in [1.54, 1.807) is 32.9 Å². The lowest BCUT2D eigenvalue weighted by Crippen LogP contribution is -2.35. The zero-order chi connectivity index (χ0) is 33.5. The first-order chi connectivity index (χ1) is 23.4. The van der Waals surface area contributed by atoms with Crippen LogP contribution in [0, 0.1) is 0 Å². The fourth-order valence-electron chi connectivity index (χ4n) is 5.46. The Morgan fingerprint density at radius 3 is 1.96 bits per heavy atom. The molecule has 3 aromatic heterocycles. The Hall–Kier alpha value is -4.69. The highest BCUT2D eigenvalue weighted by atomic mass is 35.5. The Morgan fingerprint density at radius 1 is 0.854 bits per heavy atom. The second kappa shape index (κ2) is 15.5. The third-order valence-electron chi connectivity index (χ3n) is 7.92. The van der Waals surface area contributed by atoms with Crippen LogP contribution in [-0.4, -0.2) is 74.4 Å². The third kappa shape index (κ3) is 7.55. The first-order valence-corrected chi connectivity index (χ1v) is 16.1. The van der Waals surface area contributed by atoms with Gasteiger partial charge in [0.25, 0.3) is 0 Å². The lowest BCUT2D eigenvalue weighted by atomic mass is 9.98. The SMILES string of the molecule is COc1nc(-c2cccc(-c3cccc(-c4cnc(CNC[C@@H]5CCC(=O)N5)c(OC)n4)c3Cl)c2Cl)cnc1CNCCc1nnc[nH]1. The number of methoxy groups -OCH3 is 2. The predicted molar refractivity (Wildman–Crippen MR) is 182 cm³/mol. The minimum Gasteiger partial charge on any atom is -0.480 e. The van der Waals surface area contributed by atoms with Crippen LogP contribution in [0.1, 0.15) is 30.1 Å². The van der Waals surface area contributed by atoms with Crippen molar-refractivity contribution in [3.05, 3.63) is 82.4 Å². The number of rotatable bonds is 14. The van der Waals surface area contributed by atoms with E-state index >= 15 is 0 Å². The number of aromatic nitrogens is 7. The van der Waals surface area contributed by atoms with E-state index < -0.39 is 0 Å². The van der Waals surface area contributed by atoms with E-state index in [1.165, 1.54) is 0 Å². The lowest BCUT2D eigenvalue weighted by Gasteiger charge is -2.15. The number of ether oxygens (including phenoxy) is 2. The maximum Gasteiger partial charge on any atom is 0.237 e. The summed E-state index contributed by atoms with van der Waals surface area (Å²) in [5, 5.41) is 18.3. The molecular formula is C33H34Cl2N10O3. The molecule has 1 atom stereocenters. The lowest BCUT2D eigenvalue weighted by molar-refractivity contribution is -0.119. The number of hydrogen-bond acceptors (Lipinski definition) is 11. The Labute approximate surface area is 287 Å². The van der Waals surface area contributed by atoms with Gasteiger partial charge in [0.2, 0.25) is 17.7 Å². The van der Waals surface area contributed by atoms with Gasteiger partial charge in [-0.05, 0) is 6.42 Å². The zero-order valence-corrected chi connectivity index (χ0v) is 27.9. The molecule has 0 bridgehead atoms. The van der Waals surface area contributed by atoms with Gasteiger partial charge in [-0.15, -0.1) is 10.2 Å². The molecule has 1 aliphatic rings. The van der Waals surface area contributed by atoms with Gasteiger partial charge in [-0.3, -0.25) is 14.8 Å². The van der Waals surface area contributed by atoms with E-state index in [1.807, 2.05) is 36.4 Å². The molecule has 248 valence electrons. The first kappa shape index (κ1) is 33.2. The molecule has 0 spiro atoms. The quantitative estimate of drug-likeness (QED) is 0.122. The molecule has 4 N–H and O–H groups in total. The Balaban J connectivity index is 1.20. The molecule has 5 aromatic rings. The van der Waals surface area contributed by atoms with Crippen molar-refractivity contribution in [2.45, 2.75) is 38.4 Å². The number of halogens is 2. The van der Waals surface area contributed by atoms with Crippen LogP contribution in [0.5, 0.6) is 11.8 Å². The fourth-order valence-corrected chi connectivity index (χ4v) is 6.11. The number of carbonyl (C=O) groups excluding carboxylic acids is 1. The number of carbonyl (C=O) groups is 1. The molecule has 6 rings (SSSR count). The summed E-state index contributed by atoms with van der Waals surface area (Å²) in [6, 6.07) is 11.5. The van der Waals surface area contributed by atoms with Crippen LogP contribution in [0.15, 0.2) is 55.1 Å². The first-order valence-electron chi connectivity index (χ1n) is 15.4. The normalized spacial score (nSPS) is 14.2. The van der Waals surface area contributed by atoms with Crippen LogP contribution < -0.4 is 25.4 Å². The van der Waals surface area contributed by atoms with E-state index in [4.69, 9.17) is 42.6 Å². The summed E-state index contributed by atoms with van der Waals surface area (Å²) in [6.45, 7) is 2.22. The second-order valence-corrected chi connectivity index (χ2v) is 11.8. The van der Waals surface area contributed by atoms with E-state index in [0.29, 0.717) is 94.7 Å². The number of benzene rings is 2. The second-order valence-electron chi connectivity index (χ2n) is 11.1. The van der Waals surface area contributed by atoms with Crippen LogP contribution in [0.3, 0.4) is 0 Å². The average Bonchev–Trinajstić information content (AvgIpc) is 3.79. The number of H-pyrrole nitrogens is 1. The molecule has 1 amide bonds. The summed E-state index contributed by atoms with van der Waals surface area (Å²) in [7, 11) is 3.12. The molecule has 0 saturated carbocycles. The summed E-state index contributed by atoms with van der Waals surface area (Å²) in [5.41, 5.74) is 5.24. The van der Waals surface area contributed by atoms with Crippen molar-refractivity contribution in [3.8, 4) is 45.4 Å². The van der Waals surface area contributed by atoms with Gasteiger partial charge >= 0.3 is 0 Å². The molecule has 0 aliphatic carbocycles. The summed E-state index contributed by atoms with van der Waals surface area (Å²) in [6.07, 6.45) is 6.98. The van der Waals surface area contributed by atoms with Gasteiger partial charge in [-0.1, -0.05) is 59.6 Å². The van der Waals surface area contributed by atoms with Crippen molar-refractivity contribution in [2.24, 2.45) is 0 Å². The van der Waals surface area contributed by atoms with Crippen LogP contribution in [0.25, 0.3) is 33.6 Å². The average molecular weight is 690 g/mol. The summed E-state index contributed by atoms with van der Waals surface area (Å²) in [5.74, 6) is 1.67. The minimum absolute atomic E-state index is 0.0822. The van der Waals surface area contributed by atoms with E-state index in [2.05, 4.69) is 41.1 Å². The smallest absolute Gasteiger partial charge is 0.237 e. The molecule has 13 nitrogen and oxygen atoms in total. The molecule has 0 unspecified atom stereocenters. The molecule has 48 heavy (non-hydrogen) atoms. The number of hydrogen-bond donors (Lipinski definition) is 4. The van der Waals surface area contributed by atoms with Gasteiger partial charge in [0.05, 0.1) is 48.0 Å². The monoisotopic (exact) mass is 688 g/mol. The van der Waals surface area contributed by atoms with Gasteiger partial charge < -0.3 is 30.4 Å². The maximum absolute atomic E-state index is 11.5. The minimum atomic E-state index is 0.0822. The Morgan fingerprint density at radius 2 is 1.44 bits per heavy atom. The van der Waals surface area contributed by atoms with Crippen LogP contribution in [0.4, 0.5) is 0 Å². The van der Waals surface area contributed by atoms with Crippen molar-refractivity contribution in [1.29, 1.82) is 0 Å². The van der Waals surface area contributed by atoms with Gasteiger partial charge in [0.15, 0.2) is 0 Å². The van der Waals surface area contributed by atoms with E-state index in [0.717, 1.165) is 23.4 Å². The largest absolute Gasteiger partial charge is 0.480 e. The van der Waals surface area contributed by atoms with Crippen LogP contribution in [0.2, 0.25) is 10.0 Å². The summed E-state index contributed by atoms with van der Waals surface area (Å²) >= 11 is 14.1. The molecule has 15 heteroatoms. The number of amides is 1. The fraction of sp³-hybridized carbons (Fsp3) is 0.303. The maximum atomic E-state index is 11.5. The van der Waals surface area contributed by atoms with Crippen molar-refractivity contribution < 1.29 is 14.3 Å². The summed E-state index contributed by atoms with van der Waals surface area (Å²) < 4.78 is 11.2.